The van der Waals surface area contributed by atoms with Crippen molar-refractivity contribution in [2.24, 2.45) is 0 Å². The Morgan fingerprint density at radius 1 is 1.10 bits per heavy atom. The summed E-state index contributed by atoms with van der Waals surface area (Å²) < 4.78 is 3.93. The fourth-order valence-electron chi connectivity index (χ4n) is 3.25. The lowest BCUT2D eigenvalue weighted by atomic mass is 10.2. The fraction of sp³-hybridized carbons (Fsp3) is 0.238. The Kier molecular flexibility index (Phi) is 5.92. The number of carbonyl (C=O) groups excluding carboxylic acids is 1. The van der Waals surface area contributed by atoms with E-state index in [0.717, 1.165) is 23.5 Å². The molecule has 29 heavy (non-hydrogen) atoms. The predicted molar refractivity (Wildman–Crippen MR) is 116 cm³/mol. The minimum Gasteiger partial charge on any atom is -0.344 e. The van der Waals surface area contributed by atoms with E-state index in [1.54, 1.807) is 16.0 Å². The van der Waals surface area contributed by atoms with Crippen LogP contribution in [0.2, 0.25) is 0 Å². The number of aryl methyl sites for hydroxylation is 1. The predicted octanol–water partition coefficient (Wildman–Crippen LogP) is 4.22. The summed E-state index contributed by atoms with van der Waals surface area (Å²) >= 11 is 3.04. The van der Waals surface area contributed by atoms with Gasteiger partial charge in [0.05, 0.1) is 12.3 Å². The van der Waals surface area contributed by atoms with Crippen LogP contribution in [-0.2, 0) is 13.1 Å². The minimum absolute atomic E-state index is 0.0908. The highest BCUT2D eigenvalue weighted by Gasteiger charge is 2.18. The molecule has 4 aromatic rings. The van der Waals surface area contributed by atoms with E-state index < -0.39 is 0 Å². The molecule has 0 radical (unpaired) electrons. The summed E-state index contributed by atoms with van der Waals surface area (Å²) in [5, 5.41) is 14.6. The lowest BCUT2D eigenvalue weighted by Gasteiger charge is -2.10. The second-order valence-electron chi connectivity index (χ2n) is 6.77. The van der Waals surface area contributed by atoms with E-state index in [0.29, 0.717) is 17.5 Å². The van der Waals surface area contributed by atoms with Crippen molar-refractivity contribution in [3.63, 3.8) is 0 Å². The molecular weight excluding hydrogens is 402 g/mol. The maximum absolute atomic E-state index is 12.9. The van der Waals surface area contributed by atoms with Gasteiger partial charge in [0.1, 0.15) is 0 Å². The molecule has 0 N–H and O–H groups in total. The van der Waals surface area contributed by atoms with Gasteiger partial charge in [0, 0.05) is 28.4 Å². The molecule has 1 aromatic carbocycles. The lowest BCUT2D eigenvalue weighted by molar-refractivity contribution is 0.102. The summed E-state index contributed by atoms with van der Waals surface area (Å²) in [5.41, 5.74) is 4.07. The van der Waals surface area contributed by atoms with Crippen molar-refractivity contribution >= 4 is 28.9 Å². The fourth-order valence-corrected chi connectivity index (χ4v) is 4.70. The van der Waals surface area contributed by atoms with Crippen LogP contribution in [-0.4, -0.2) is 36.3 Å². The van der Waals surface area contributed by atoms with E-state index in [1.165, 1.54) is 22.2 Å². The van der Waals surface area contributed by atoms with Gasteiger partial charge in [-0.3, -0.25) is 4.79 Å². The molecule has 0 fully saturated rings. The van der Waals surface area contributed by atoms with Crippen molar-refractivity contribution in [1.29, 1.82) is 0 Å². The normalized spacial score (nSPS) is 11.1. The lowest BCUT2D eigenvalue weighted by Crippen LogP contribution is -2.09. The Balaban J connectivity index is 1.44. The number of benzene rings is 1. The van der Waals surface area contributed by atoms with Gasteiger partial charge < -0.3 is 4.57 Å². The molecule has 3 heterocycles. The van der Waals surface area contributed by atoms with Gasteiger partial charge in [-0.1, -0.05) is 48.2 Å². The highest BCUT2D eigenvalue weighted by Crippen LogP contribution is 2.22. The number of carbonyl (C=O) groups is 1. The molecule has 0 aliphatic rings. The van der Waals surface area contributed by atoms with Crippen LogP contribution in [0.3, 0.4) is 0 Å². The van der Waals surface area contributed by atoms with Crippen molar-refractivity contribution in [2.45, 2.75) is 32.1 Å². The first-order chi connectivity index (χ1) is 14.1. The molecule has 0 saturated heterocycles. The first-order valence-corrected chi connectivity index (χ1v) is 11.1. The van der Waals surface area contributed by atoms with Crippen LogP contribution >= 0.6 is 23.1 Å². The highest BCUT2D eigenvalue weighted by atomic mass is 32.2. The Labute approximate surface area is 177 Å². The molecule has 0 unspecified atom stereocenters. The third-order valence-corrected chi connectivity index (χ3v) is 6.59. The standard InChI is InChI=1S/C21H21N5OS2/c1-15-11-19(16(2)25(15)12-17-7-4-3-5-8-17)20(27)14-29-21-22-23-24-26(21)13-18-9-6-10-28-18/h3-11H,12-14H2,1-2H3. The molecule has 0 aliphatic heterocycles. The van der Waals surface area contributed by atoms with Gasteiger partial charge in [-0.25, -0.2) is 4.68 Å². The summed E-state index contributed by atoms with van der Waals surface area (Å²) in [4.78, 5) is 14.1. The first kappa shape index (κ1) is 19.6. The Bertz CT molecular complexity index is 1100. The number of nitrogens with zero attached hydrogens (tertiary/aromatic N) is 5. The number of Topliss-reactive ketones (excluding diaryl/α,β-unsaturated/α-hetero) is 1. The second kappa shape index (κ2) is 8.75. The number of rotatable bonds is 8. The SMILES string of the molecule is Cc1cc(C(=O)CSc2nnnn2Cc2cccs2)c(C)n1Cc1ccccc1. The average Bonchev–Trinajstić information content (AvgIpc) is 3.46. The number of aromatic nitrogens is 5. The quantitative estimate of drug-likeness (QED) is 0.313. The van der Waals surface area contributed by atoms with Gasteiger partial charge in [0.15, 0.2) is 5.78 Å². The molecule has 8 heteroatoms. The van der Waals surface area contributed by atoms with E-state index in [9.17, 15) is 4.79 Å². The van der Waals surface area contributed by atoms with Crippen LogP contribution < -0.4 is 0 Å². The van der Waals surface area contributed by atoms with Gasteiger partial charge in [-0.15, -0.1) is 16.4 Å². The Morgan fingerprint density at radius 2 is 1.93 bits per heavy atom. The van der Waals surface area contributed by atoms with Crippen molar-refractivity contribution in [2.75, 3.05) is 5.75 Å². The Hall–Kier alpha value is -2.71. The smallest absolute Gasteiger partial charge is 0.210 e. The monoisotopic (exact) mass is 423 g/mol. The van der Waals surface area contributed by atoms with Crippen molar-refractivity contribution < 1.29 is 4.79 Å². The van der Waals surface area contributed by atoms with Crippen LogP contribution in [0.15, 0.2) is 59.1 Å². The molecule has 0 spiro atoms. The molecule has 3 aromatic heterocycles. The van der Waals surface area contributed by atoms with Crippen LogP contribution in [0.1, 0.15) is 32.2 Å². The van der Waals surface area contributed by atoms with E-state index in [2.05, 4.69) is 32.2 Å². The zero-order valence-electron chi connectivity index (χ0n) is 16.3. The number of hydrogen-bond acceptors (Lipinski definition) is 6. The molecule has 0 bridgehead atoms. The number of thioether (sulfide) groups is 1. The summed E-state index contributed by atoms with van der Waals surface area (Å²) in [6.45, 7) is 5.43. The summed E-state index contributed by atoms with van der Waals surface area (Å²) in [5.74, 6) is 0.397. The highest BCUT2D eigenvalue weighted by molar-refractivity contribution is 7.99. The number of hydrogen-bond donors (Lipinski definition) is 0. The van der Waals surface area contributed by atoms with E-state index in [4.69, 9.17) is 0 Å². The van der Waals surface area contributed by atoms with Gasteiger partial charge >= 0.3 is 0 Å². The van der Waals surface area contributed by atoms with E-state index >= 15 is 0 Å². The molecule has 0 aliphatic carbocycles. The molecular formula is C21H21N5OS2. The van der Waals surface area contributed by atoms with E-state index in [1.807, 2.05) is 55.6 Å². The number of tetrazole rings is 1. The summed E-state index contributed by atoms with van der Waals surface area (Å²) in [7, 11) is 0. The molecule has 148 valence electrons. The van der Waals surface area contributed by atoms with Gasteiger partial charge in [0.2, 0.25) is 5.16 Å². The van der Waals surface area contributed by atoms with Crippen LogP contribution in [0.4, 0.5) is 0 Å². The van der Waals surface area contributed by atoms with Crippen molar-refractivity contribution in [3.05, 3.63) is 81.3 Å². The van der Waals surface area contributed by atoms with Crippen molar-refractivity contribution in [1.82, 2.24) is 24.8 Å². The Morgan fingerprint density at radius 3 is 2.69 bits per heavy atom. The third-order valence-electron chi connectivity index (χ3n) is 4.77. The molecule has 0 saturated carbocycles. The largest absolute Gasteiger partial charge is 0.344 e. The second-order valence-corrected chi connectivity index (χ2v) is 8.74. The van der Waals surface area contributed by atoms with Gasteiger partial charge in [0.25, 0.3) is 0 Å². The van der Waals surface area contributed by atoms with Crippen LogP contribution in [0.5, 0.6) is 0 Å². The maximum atomic E-state index is 12.9. The topological polar surface area (TPSA) is 65.6 Å². The molecule has 6 nitrogen and oxygen atoms in total. The first-order valence-electron chi connectivity index (χ1n) is 9.27. The van der Waals surface area contributed by atoms with E-state index in [-0.39, 0.29) is 5.78 Å². The van der Waals surface area contributed by atoms with Crippen LogP contribution in [0, 0.1) is 13.8 Å². The van der Waals surface area contributed by atoms with Gasteiger partial charge in [-0.2, -0.15) is 0 Å². The number of ketones is 1. The third kappa shape index (κ3) is 4.49. The van der Waals surface area contributed by atoms with Gasteiger partial charge in [-0.05, 0) is 47.4 Å². The zero-order chi connectivity index (χ0) is 20.2. The maximum Gasteiger partial charge on any atom is 0.210 e. The molecule has 0 atom stereocenters. The molecule has 0 amide bonds. The van der Waals surface area contributed by atoms with Crippen LogP contribution in [0.25, 0.3) is 0 Å². The molecule has 4 rings (SSSR count). The number of thiophene rings is 1. The minimum atomic E-state index is 0.0908. The zero-order valence-corrected chi connectivity index (χ0v) is 17.9. The average molecular weight is 424 g/mol. The van der Waals surface area contributed by atoms with Crippen molar-refractivity contribution in [3.8, 4) is 0 Å². The summed E-state index contributed by atoms with van der Waals surface area (Å²) in [6.07, 6.45) is 0. The summed E-state index contributed by atoms with van der Waals surface area (Å²) in [6, 6.07) is 16.3.